The van der Waals surface area contributed by atoms with Crippen LogP contribution in [0.3, 0.4) is 0 Å². The van der Waals surface area contributed by atoms with Gasteiger partial charge in [0, 0.05) is 41.7 Å². The number of nitrogens with one attached hydrogen (secondary N) is 3. The molecule has 3 nitrogen and oxygen atoms in total. The monoisotopic (exact) mass is 385 g/mol. The third-order valence-electron chi connectivity index (χ3n) is 5.08. The van der Waals surface area contributed by atoms with Crippen molar-refractivity contribution in [3.05, 3.63) is 75.6 Å². The molecule has 0 bridgehead atoms. The first-order chi connectivity index (χ1) is 14.1. The maximum atomic E-state index is 3.97. The molecule has 3 N–H and O–H groups in total. The molecule has 1 heterocycles. The molecule has 1 aliphatic rings. The van der Waals surface area contributed by atoms with Gasteiger partial charge in [-0.25, -0.2) is 0 Å². The minimum Gasteiger partial charge on any atom is -0.386 e. The molecule has 2 aromatic rings. The van der Waals surface area contributed by atoms with Crippen molar-refractivity contribution in [1.29, 1.82) is 0 Å². The van der Waals surface area contributed by atoms with Gasteiger partial charge in [0.05, 0.1) is 5.35 Å². The lowest BCUT2D eigenvalue weighted by Crippen LogP contribution is -2.27. The number of likely N-dealkylation sites (N-methyl/N-ethyl adjacent to an activating group) is 1. The molecular formula is C26H31N3. The summed E-state index contributed by atoms with van der Waals surface area (Å²) in [5.41, 5.74) is 6.05. The molecule has 1 aromatic carbocycles. The normalized spacial score (nSPS) is 14.9. The molecule has 0 radical (unpaired) electrons. The Kier molecular flexibility index (Phi) is 7.16. The van der Waals surface area contributed by atoms with E-state index in [1.165, 1.54) is 27.6 Å². The second-order valence-corrected chi connectivity index (χ2v) is 7.50. The van der Waals surface area contributed by atoms with Crippen molar-refractivity contribution < 1.29 is 0 Å². The van der Waals surface area contributed by atoms with Crippen LogP contribution in [0.25, 0.3) is 18.2 Å². The van der Waals surface area contributed by atoms with E-state index in [-0.39, 0.29) is 5.92 Å². The first-order valence-corrected chi connectivity index (χ1v) is 10.4. The fourth-order valence-electron chi connectivity index (χ4n) is 3.55. The van der Waals surface area contributed by atoms with Gasteiger partial charge in [-0.2, -0.15) is 0 Å². The molecule has 0 aliphatic heterocycles. The van der Waals surface area contributed by atoms with Crippen molar-refractivity contribution >= 4 is 18.2 Å². The average molecular weight is 386 g/mol. The van der Waals surface area contributed by atoms with Crippen LogP contribution < -0.4 is 21.2 Å². The Morgan fingerprint density at radius 2 is 2.07 bits per heavy atom. The predicted octanol–water partition coefficient (Wildman–Crippen LogP) is 3.01. The third-order valence-corrected chi connectivity index (χ3v) is 5.08. The summed E-state index contributed by atoms with van der Waals surface area (Å²) in [5.74, 6) is 6.66. The Balaban J connectivity index is 1.53. The van der Waals surface area contributed by atoms with E-state index in [0.29, 0.717) is 0 Å². The predicted molar refractivity (Wildman–Crippen MR) is 124 cm³/mol. The summed E-state index contributed by atoms with van der Waals surface area (Å²) in [6.07, 6.45) is 9.38. The lowest BCUT2D eigenvalue weighted by atomic mass is 10.1. The summed E-state index contributed by atoms with van der Waals surface area (Å²) in [7, 11) is 0. The van der Waals surface area contributed by atoms with E-state index in [1.54, 1.807) is 0 Å². The topological polar surface area (TPSA) is 39.9 Å². The Morgan fingerprint density at radius 3 is 2.83 bits per heavy atom. The molecule has 0 fully saturated rings. The lowest BCUT2D eigenvalue weighted by Gasteiger charge is -2.06. The van der Waals surface area contributed by atoms with Gasteiger partial charge in [0.15, 0.2) is 0 Å². The largest absolute Gasteiger partial charge is 0.386 e. The van der Waals surface area contributed by atoms with E-state index < -0.39 is 0 Å². The van der Waals surface area contributed by atoms with Crippen LogP contribution in [0.4, 0.5) is 0 Å². The Morgan fingerprint density at radius 1 is 1.28 bits per heavy atom. The highest BCUT2D eigenvalue weighted by Crippen LogP contribution is 2.07. The fraction of sp³-hybridized carbons (Fsp3) is 0.308. The Labute approximate surface area is 174 Å². The van der Waals surface area contributed by atoms with Gasteiger partial charge in [-0.3, -0.25) is 0 Å². The number of benzene rings is 1. The van der Waals surface area contributed by atoms with E-state index in [9.17, 15) is 0 Å². The summed E-state index contributed by atoms with van der Waals surface area (Å²) in [4.78, 5) is 3.48. The number of aromatic nitrogens is 1. The van der Waals surface area contributed by atoms with Gasteiger partial charge in [-0.05, 0) is 56.5 Å². The van der Waals surface area contributed by atoms with Gasteiger partial charge >= 0.3 is 0 Å². The maximum absolute atomic E-state index is 3.97. The molecule has 150 valence electrons. The number of fused-ring (bicyclic) bond motifs is 1. The molecular weight excluding hydrogens is 354 g/mol. The maximum Gasteiger partial charge on any atom is 0.0540 e. The van der Waals surface area contributed by atoms with E-state index in [4.69, 9.17) is 0 Å². The summed E-state index contributed by atoms with van der Waals surface area (Å²) >= 11 is 0. The zero-order valence-electron chi connectivity index (χ0n) is 17.7. The summed E-state index contributed by atoms with van der Waals surface area (Å²) in [5, 5.41) is 9.23. The first-order valence-electron chi connectivity index (χ1n) is 10.4. The van der Waals surface area contributed by atoms with Gasteiger partial charge in [0.2, 0.25) is 0 Å². The quantitative estimate of drug-likeness (QED) is 0.353. The summed E-state index contributed by atoms with van der Waals surface area (Å²) in [6, 6.07) is 8.65. The number of hydrogen-bond acceptors (Lipinski definition) is 2. The second kappa shape index (κ2) is 10.0. The van der Waals surface area contributed by atoms with Crippen LogP contribution in [0.15, 0.2) is 42.6 Å². The van der Waals surface area contributed by atoms with Crippen molar-refractivity contribution in [2.24, 2.45) is 5.92 Å². The number of aryl methyl sites for hydroxylation is 1. The van der Waals surface area contributed by atoms with Gasteiger partial charge in [-0.1, -0.05) is 54.8 Å². The Hall–Kier alpha value is -2.96. The molecule has 1 aromatic heterocycles. The van der Waals surface area contributed by atoms with Crippen LogP contribution in [0.1, 0.15) is 36.2 Å². The SMILES string of the molecule is C=C(/C=C/c1ccc(CNCCc2c(C)[nH]c3c2=CC(C)C#CC=3)cc1)NCC. The number of H-pyrrole nitrogens is 1. The molecule has 0 spiro atoms. The van der Waals surface area contributed by atoms with Crippen molar-refractivity contribution in [3.63, 3.8) is 0 Å². The molecule has 1 unspecified atom stereocenters. The van der Waals surface area contributed by atoms with Gasteiger partial charge in [0.1, 0.15) is 0 Å². The smallest absolute Gasteiger partial charge is 0.0540 e. The zero-order chi connectivity index (χ0) is 20.6. The molecule has 1 atom stereocenters. The van der Waals surface area contributed by atoms with Crippen LogP contribution in [-0.2, 0) is 13.0 Å². The summed E-state index contributed by atoms with van der Waals surface area (Å²) < 4.78 is 0. The van der Waals surface area contributed by atoms with Crippen LogP contribution in [0, 0.1) is 24.7 Å². The van der Waals surface area contributed by atoms with Crippen molar-refractivity contribution in [1.82, 2.24) is 15.6 Å². The van der Waals surface area contributed by atoms with E-state index in [1.807, 2.05) is 12.2 Å². The number of hydrogen-bond donors (Lipinski definition) is 3. The van der Waals surface area contributed by atoms with Crippen molar-refractivity contribution in [2.75, 3.05) is 13.1 Å². The van der Waals surface area contributed by atoms with Crippen LogP contribution >= 0.6 is 0 Å². The fourth-order valence-corrected chi connectivity index (χ4v) is 3.55. The summed E-state index contributed by atoms with van der Waals surface area (Å²) in [6.45, 7) is 13.0. The average Bonchev–Trinajstić information content (AvgIpc) is 2.87. The van der Waals surface area contributed by atoms with E-state index in [2.05, 4.69) is 91.2 Å². The van der Waals surface area contributed by atoms with Crippen LogP contribution in [-0.4, -0.2) is 18.1 Å². The molecule has 3 rings (SSSR count). The minimum atomic E-state index is 0.289. The molecule has 1 aliphatic carbocycles. The third kappa shape index (κ3) is 5.76. The minimum absolute atomic E-state index is 0.289. The second-order valence-electron chi connectivity index (χ2n) is 7.50. The number of allylic oxidation sites excluding steroid dienone is 1. The van der Waals surface area contributed by atoms with Crippen LogP contribution in [0.2, 0.25) is 0 Å². The van der Waals surface area contributed by atoms with Crippen molar-refractivity contribution in [3.8, 4) is 11.8 Å². The molecule has 3 heteroatoms. The molecule has 0 amide bonds. The highest BCUT2D eigenvalue weighted by atomic mass is 14.9. The van der Waals surface area contributed by atoms with Gasteiger partial charge in [0.25, 0.3) is 0 Å². The van der Waals surface area contributed by atoms with Crippen LogP contribution in [0.5, 0.6) is 0 Å². The highest BCUT2D eigenvalue weighted by Gasteiger charge is 2.07. The zero-order valence-corrected chi connectivity index (χ0v) is 17.7. The molecule has 29 heavy (non-hydrogen) atoms. The van der Waals surface area contributed by atoms with E-state index >= 15 is 0 Å². The molecule has 0 saturated heterocycles. The Bertz CT molecular complexity index is 1060. The standard InChI is InChI=1S/C26H31N3/c1-5-28-20(3)9-10-22-11-13-23(14-12-22)18-27-16-15-24-21(4)29-26-8-6-7-19(2)17-25(24)26/h8-14,17,19,27-29H,3,5,15-16,18H2,1-2,4H3/b10-9+. The highest BCUT2D eigenvalue weighted by molar-refractivity contribution is 5.53. The van der Waals surface area contributed by atoms with Gasteiger partial charge in [-0.15, -0.1) is 0 Å². The van der Waals surface area contributed by atoms with Crippen molar-refractivity contribution in [2.45, 2.75) is 33.7 Å². The van der Waals surface area contributed by atoms with Gasteiger partial charge < -0.3 is 15.6 Å². The number of aromatic amines is 1. The van der Waals surface area contributed by atoms with E-state index in [0.717, 1.165) is 37.1 Å². The lowest BCUT2D eigenvalue weighted by molar-refractivity contribution is 0.684. The number of rotatable bonds is 9. The first kappa shape index (κ1) is 20.8. The molecule has 0 saturated carbocycles.